The molecule has 1 saturated heterocycles. The van der Waals surface area contributed by atoms with Gasteiger partial charge in [0.15, 0.2) is 0 Å². The van der Waals surface area contributed by atoms with Crippen molar-refractivity contribution in [2.75, 3.05) is 23.3 Å². The number of benzene rings is 1. The van der Waals surface area contributed by atoms with Crippen molar-refractivity contribution in [1.82, 2.24) is 20.8 Å². The number of anilines is 2. The highest BCUT2D eigenvalue weighted by Crippen LogP contribution is 2.26. The fourth-order valence-corrected chi connectivity index (χ4v) is 4.63. The Morgan fingerprint density at radius 2 is 1.72 bits per heavy atom. The number of aromatic carboxylic acids is 1. The number of aromatic nitrogens is 2. The first-order valence-corrected chi connectivity index (χ1v) is 12.0. The van der Waals surface area contributed by atoms with E-state index in [0.29, 0.717) is 56.6 Å². The molecule has 3 amide bonds. The Balaban J connectivity index is 1.16. The summed E-state index contributed by atoms with van der Waals surface area (Å²) in [5.41, 5.74) is 0.691. The quantitative estimate of drug-likeness (QED) is 0.389. The number of urea groups is 1. The molecule has 192 valence electrons. The Hall–Kier alpha value is -3.80. The molecule has 2 aromatic rings. The van der Waals surface area contributed by atoms with Crippen molar-refractivity contribution in [3.63, 3.8) is 0 Å². The largest absolute Gasteiger partial charge is 0.478 e. The number of carbonyl (C=O) groups excluding carboxylic acids is 2. The van der Waals surface area contributed by atoms with Crippen LogP contribution in [0.1, 0.15) is 42.5 Å². The highest BCUT2D eigenvalue weighted by atomic mass is 35.5. The van der Waals surface area contributed by atoms with Gasteiger partial charge in [0, 0.05) is 30.7 Å². The number of carboxylic acid groups (broad SMARTS) is 1. The number of hydrogen-bond acceptors (Lipinski definition) is 7. The van der Waals surface area contributed by atoms with Gasteiger partial charge in [-0.3, -0.25) is 4.79 Å². The van der Waals surface area contributed by atoms with Crippen LogP contribution >= 0.6 is 11.6 Å². The average molecular weight is 519 g/mol. The Morgan fingerprint density at radius 1 is 1.06 bits per heavy atom. The molecule has 1 aromatic heterocycles. The number of nitrogens with zero attached hydrogens (tertiary/aromatic N) is 2. The summed E-state index contributed by atoms with van der Waals surface area (Å²) in [6.45, 7) is 1.01. The van der Waals surface area contributed by atoms with Gasteiger partial charge in [0.25, 0.3) is 5.56 Å². The van der Waals surface area contributed by atoms with E-state index >= 15 is 0 Å². The van der Waals surface area contributed by atoms with Crippen LogP contribution in [-0.4, -0.2) is 64.7 Å². The lowest BCUT2D eigenvalue weighted by Crippen LogP contribution is -2.45. The van der Waals surface area contributed by atoms with Gasteiger partial charge in [-0.1, -0.05) is 11.6 Å². The van der Waals surface area contributed by atoms with E-state index in [0.717, 1.165) is 0 Å². The Bertz CT molecular complexity index is 1160. The molecule has 36 heavy (non-hydrogen) atoms. The van der Waals surface area contributed by atoms with Gasteiger partial charge in [0.1, 0.15) is 11.1 Å². The molecule has 2 heterocycles. The van der Waals surface area contributed by atoms with Crippen LogP contribution in [0.4, 0.5) is 21.0 Å². The van der Waals surface area contributed by atoms with Crippen molar-refractivity contribution in [3.8, 4) is 0 Å². The summed E-state index contributed by atoms with van der Waals surface area (Å²) >= 11 is 6.06. The first kappa shape index (κ1) is 25.3. The molecule has 1 aliphatic carbocycles. The summed E-state index contributed by atoms with van der Waals surface area (Å²) in [5, 5.41) is 23.6. The van der Waals surface area contributed by atoms with Crippen LogP contribution in [0.25, 0.3) is 0 Å². The summed E-state index contributed by atoms with van der Waals surface area (Å²) in [6, 6.07) is 5.46. The van der Waals surface area contributed by atoms with E-state index in [4.69, 9.17) is 21.4 Å². The minimum Gasteiger partial charge on any atom is -0.478 e. The van der Waals surface area contributed by atoms with Gasteiger partial charge in [-0.25, -0.2) is 19.5 Å². The highest BCUT2D eigenvalue weighted by molar-refractivity contribution is 6.33. The Labute approximate surface area is 211 Å². The zero-order valence-corrected chi connectivity index (χ0v) is 20.1. The second-order valence-corrected chi connectivity index (χ2v) is 9.21. The van der Waals surface area contributed by atoms with Crippen molar-refractivity contribution in [2.45, 2.75) is 50.3 Å². The molecule has 1 aromatic carbocycles. The van der Waals surface area contributed by atoms with E-state index in [1.54, 1.807) is 0 Å². The third-order valence-electron chi connectivity index (χ3n) is 6.31. The number of carbonyl (C=O) groups is 3. The fraction of sp³-hybridized carbons (Fsp3) is 0.435. The standard InChI is InChI=1S/C23H27ClN6O6/c24-19-18(11-25-29-20(19)31)30-10-9-17(12-30)36-23(35)28-16-7-5-15(6-8-16)27-22(34)26-14-3-1-13(2-4-14)21(32)33/h1-4,11,15-17H,5-10,12H2,(H,28,35)(H,29,31)(H,32,33)(H2,26,27,34)/t15-,16-,17-/m1/s1. The molecule has 0 radical (unpaired) electrons. The van der Waals surface area contributed by atoms with E-state index < -0.39 is 17.6 Å². The predicted octanol–water partition coefficient (Wildman–Crippen LogP) is 2.56. The third kappa shape index (κ3) is 6.45. The first-order chi connectivity index (χ1) is 17.3. The summed E-state index contributed by atoms with van der Waals surface area (Å²) < 4.78 is 5.56. The fourth-order valence-electron chi connectivity index (χ4n) is 4.42. The van der Waals surface area contributed by atoms with Crippen molar-refractivity contribution in [1.29, 1.82) is 0 Å². The normalized spacial score (nSPS) is 21.5. The molecule has 4 rings (SSSR count). The molecule has 2 fully saturated rings. The number of halogens is 1. The van der Waals surface area contributed by atoms with Crippen LogP contribution in [-0.2, 0) is 4.74 Å². The molecule has 12 nitrogen and oxygen atoms in total. The molecule has 2 aliphatic rings. The van der Waals surface area contributed by atoms with Crippen LogP contribution in [0.5, 0.6) is 0 Å². The highest BCUT2D eigenvalue weighted by Gasteiger charge is 2.29. The smallest absolute Gasteiger partial charge is 0.407 e. The van der Waals surface area contributed by atoms with Gasteiger partial charge in [-0.05, 0) is 49.9 Å². The summed E-state index contributed by atoms with van der Waals surface area (Å²) in [7, 11) is 0. The van der Waals surface area contributed by atoms with E-state index in [-0.39, 0.29) is 34.8 Å². The van der Waals surface area contributed by atoms with E-state index in [1.165, 1.54) is 30.5 Å². The molecule has 1 atom stereocenters. The molecular weight excluding hydrogens is 492 g/mol. The molecule has 0 unspecified atom stereocenters. The van der Waals surface area contributed by atoms with Crippen molar-refractivity contribution in [3.05, 3.63) is 51.4 Å². The van der Waals surface area contributed by atoms with Gasteiger partial charge in [0.2, 0.25) is 0 Å². The molecule has 0 bridgehead atoms. The van der Waals surface area contributed by atoms with Gasteiger partial charge >= 0.3 is 18.1 Å². The second-order valence-electron chi connectivity index (χ2n) is 8.83. The van der Waals surface area contributed by atoms with Crippen LogP contribution in [0, 0.1) is 0 Å². The number of nitrogens with one attached hydrogen (secondary N) is 4. The van der Waals surface area contributed by atoms with Gasteiger partial charge < -0.3 is 30.7 Å². The van der Waals surface area contributed by atoms with Crippen LogP contribution in [0.15, 0.2) is 35.3 Å². The zero-order valence-electron chi connectivity index (χ0n) is 19.3. The minimum atomic E-state index is -1.03. The maximum absolute atomic E-state index is 12.4. The monoisotopic (exact) mass is 518 g/mol. The van der Waals surface area contributed by atoms with Crippen LogP contribution < -0.4 is 26.4 Å². The molecule has 1 saturated carbocycles. The van der Waals surface area contributed by atoms with E-state index in [1.807, 2.05) is 4.90 Å². The lowest BCUT2D eigenvalue weighted by Gasteiger charge is -2.29. The predicted molar refractivity (Wildman–Crippen MR) is 132 cm³/mol. The van der Waals surface area contributed by atoms with E-state index in [9.17, 15) is 19.2 Å². The Kier molecular flexibility index (Phi) is 7.93. The number of aromatic amines is 1. The summed E-state index contributed by atoms with van der Waals surface area (Å²) in [5.74, 6) is -1.03. The van der Waals surface area contributed by atoms with Crippen molar-refractivity contribution >= 4 is 41.1 Å². The molecule has 5 N–H and O–H groups in total. The van der Waals surface area contributed by atoms with E-state index in [2.05, 4.69) is 26.1 Å². The SMILES string of the molecule is O=C(Nc1ccc(C(=O)O)cc1)N[C@H]1CC[C@H](NC(=O)O[C@@H]2CCN(c3cn[nH]c(=O)c3Cl)C2)CC1. The molecule has 0 spiro atoms. The lowest BCUT2D eigenvalue weighted by molar-refractivity contribution is 0.0696. The van der Waals surface area contributed by atoms with Crippen LogP contribution in [0.3, 0.4) is 0 Å². The van der Waals surface area contributed by atoms with Crippen molar-refractivity contribution < 1.29 is 24.2 Å². The number of hydrogen-bond donors (Lipinski definition) is 5. The maximum atomic E-state index is 12.4. The Morgan fingerprint density at radius 3 is 2.39 bits per heavy atom. The number of amides is 3. The number of rotatable bonds is 6. The zero-order chi connectivity index (χ0) is 25.7. The molecular formula is C23H27ClN6O6. The number of ether oxygens (including phenoxy) is 1. The van der Waals surface area contributed by atoms with Gasteiger partial charge in [-0.2, -0.15) is 5.10 Å². The number of carboxylic acids is 1. The number of H-pyrrole nitrogens is 1. The topological polar surface area (TPSA) is 166 Å². The number of alkyl carbamates (subject to hydrolysis) is 1. The average Bonchev–Trinajstić information content (AvgIpc) is 3.30. The minimum absolute atomic E-state index is 0.0341. The van der Waals surface area contributed by atoms with Crippen LogP contribution in [0.2, 0.25) is 5.02 Å². The van der Waals surface area contributed by atoms with Gasteiger partial charge in [0.05, 0.1) is 24.0 Å². The summed E-state index contributed by atoms with van der Waals surface area (Å²) in [4.78, 5) is 49.1. The molecule has 13 heteroatoms. The first-order valence-electron chi connectivity index (χ1n) is 11.6. The third-order valence-corrected chi connectivity index (χ3v) is 6.68. The summed E-state index contributed by atoms with van der Waals surface area (Å²) in [6.07, 6.45) is 4.05. The maximum Gasteiger partial charge on any atom is 0.407 e. The van der Waals surface area contributed by atoms with Crippen molar-refractivity contribution in [2.24, 2.45) is 0 Å². The molecule has 1 aliphatic heterocycles. The lowest BCUT2D eigenvalue weighted by atomic mass is 9.91. The van der Waals surface area contributed by atoms with Gasteiger partial charge in [-0.15, -0.1) is 0 Å². The second kappa shape index (κ2) is 11.3.